The number of nitrogens with zero attached hydrogens (tertiary/aromatic N) is 1. The molecule has 0 aliphatic heterocycles. The van der Waals surface area contributed by atoms with Crippen LogP contribution in [0.4, 0.5) is 0 Å². The zero-order valence-corrected chi connectivity index (χ0v) is 11.8. The van der Waals surface area contributed by atoms with Crippen LogP contribution in [0.15, 0.2) is 22.7 Å². The first-order chi connectivity index (χ1) is 6.59. The summed E-state index contributed by atoms with van der Waals surface area (Å²) in [6, 6.07) is 5.93. The van der Waals surface area contributed by atoms with Gasteiger partial charge in [-0.1, -0.05) is 33.6 Å². The molecule has 1 heterocycles. The summed E-state index contributed by atoms with van der Waals surface area (Å²) in [6.07, 6.45) is 0. The highest BCUT2D eigenvalue weighted by Crippen LogP contribution is 2.30. The van der Waals surface area contributed by atoms with Crippen LogP contribution in [-0.4, -0.2) is 4.98 Å². The fourth-order valence-corrected chi connectivity index (χ4v) is 2.35. The average molecular weight is 382 g/mol. The highest BCUT2D eigenvalue weighted by Gasteiger charge is 2.08. The molecule has 0 atom stereocenters. The van der Waals surface area contributed by atoms with Crippen molar-refractivity contribution in [1.29, 1.82) is 0 Å². The molecular formula is C10H6BrClIN. The quantitative estimate of drug-likeness (QED) is 0.609. The molecule has 1 aromatic heterocycles. The minimum Gasteiger partial charge on any atom is -0.252 e. The number of hydrogen-bond donors (Lipinski definition) is 0. The second kappa shape index (κ2) is 3.94. The van der Waals surface area contributed by atoms with Crippen LogP contribution in [0.5, 0.6) is 0 Å². The molecule has 0 aliphatic carbocycles. The minimum absolute atomic E-state index is 0.792. The van der Waals surface area contributed by atoms with E-state index in [1.165, 1.54) is 0 Å². The van der Waals surface area contributed by atoms with Crippen molar-refractivity contribution >= 4 is 61.0 Å². The van der Waals surface area contributed by atoms with Crippen molar-refractivity contribution < 1.29 is 0 Å². The van der Waals surface area contributed by atoms with E-state index in [0.29, 0.717) is 0 Å². The van der Waals surface area contributed by atoms with E-state index in [9.17, 15) is 0 Å². The maximum Gasteiger partial charge on any atom is 0.0732 e. The van der Waals surface area contributed by atoms with Gasteiger partial charge in [-0.2, -0.15) is 0 Å². The van der Waals surface area contributed by atoms with E-state index in [2.05, 4.69) is 43.5 Å². The van der Waals surface area contributed by atoms with Gasteiger partial charge in [0.2, 0.25) is 0 Å². The first-order valence-electron chi connectivity index (χ1n) is 4.00. The number of halogens is 3. The molecule has 0 saturated carbocycles. The highest BCUT2D eigenvalue weighted by atomic mass is 127. The lowest BCUT2D eigenvalue weighted by molar-refractivity contribution is 1.23. The molecule has 2 aromatic rings. The largest absolute Gasteiger partial charge is 0.252 e. The van der Waals surface area contributed by atoms with E-state index in [1.807, 2.05) is 25.1 Å². The summed E-state index contributed by atoms with van der Waals surface area (Å²) in [4.78, 5) is 4.47. The third kappa shape index (κ3) is 1.77. The van der Waals surface area contributed by atoms with Crippen LogP contribution in [0.2, 0.25) is 5.02 Å². The second-order valence-electron chi connectivity index (χ2n) is 2.99. The van der Waals surface area contributed by atoms with E-state index < -0.39 is 0 Å². The molecule has 0 bridgehead atoms. The number of hydrogen-bond acceptors (Lipinski definition) is 1. The van der Waals surface area contributed by atoms with Gasteiger partial charge < -0.3 is 0 Å². The Morgan fingerprint density at radius 3 is 2.86 bits per heavy atom. The molecule has 0 unspecified atom stereocenters. The molecule has 72 valence electrons. The maximum absolute atomic E-state index is 6.22. The summed E-state index contributed by atoms with van der Waals surface area (Å²) < 4.78 is 2.05. The lowest BCUT2D eigenvalue weighted by Crippen LogP contribution is -1.90. The van der Waals surface area contributed by atoms with Crippen molar-refractivity contribution in [3.8, 4) is 0 Å². The third-order valence-corrected chi connectivity index (χ3v) is 4.52. The highest BCUT2D eigenvalue weighted by molar-refractivity contribution is 14.1. The Labute approximate surface area is 109 Å². The molecular weight excluding hydrogens is 376 g/mol. The van der Waals surface area contributed by atoms with Gasteiger partial charge in [0.25, 0.3) is 0 Å². The van der Waals surface area contributed by atoms with Gasteiger partial charge in [-0.05, 0) is 41.6 Å². The summed E-state index contributed by atoms with van der Waals surface area (Å²) in [5.41, 5.74) is 1.91. The molecule has 4 heteroatoms. The van der Waals surface area contributed by atoms with E-state index in [-0.39, 0.29) is 0 Å². The number of fused-ring (bicyclic) bond motifs is 1. The van der Waals surface area contributed by atoms with Crippen LogP contribution in [-0.2, 0) is 0 Å². The topological polar surface area (TPSA) is 12.9 Å². The minimum atomic E-state index is 0.792. The summed E-state index contributed by atoms with van der Waals surface area (Å²) in [7, 11) is 0. The fraction of sp³-hybridized carbons (Fsp3) is 0.100. The van der Waals surface area contributed by atoms with Gasteiger partial charge in [-0.25, -0.2) is 0 Å². The average Bonchev–Trinajstić information content (AvgIpc) is 2.14. The normalized spacial score (nSPS) is 10.9. The summed E-state index contributed by atoms with van der Waals surface area (Å²) in [5.74, 6) is 0. The van der Waals surface area contributed by atoms with Crippen LogP contribution in [0.25, 0.3) is 10.9 Å². The summed E-state index contributed by atoms with van der Waals surface area (Å²) in [6.45, 7) is 1.97. The van der Waals surface area contributed by atoms with Crippen LogP contribution < -0.4 is 0 Å². The second-order valence-corrected chi connectivity index (χ2v) is 5.36. The number of benzene rings is 1. The van der Waals surface area contributed by atoms with E-state index in [1.54, 1.807) is 0 Å². The molecule has 0 amide bonds. The van der Waals surface area contributed by atoms with Crippen molar-refractivity contribution in [2.45, 2.75) is 6.92 Å². The summed E-state index contributed by atoms with van der Waals surface area (Å²) >= 11 is 11.9. The van der Waals surface area contributed by atoms with Crippen molar-refractivity contribution in [1.82, 2.24) is 4.98 Å². The molecule has 1 aromatic carbocycles. The maximum atomic E-state index is 6.22. The predicted molar refractivity (Wildman–Crippen MR) is 71.9 cm³/mol. The first kappa shape index (κ1) is 10.6. The smallest absolute Gasteiger partial charge is 0.0732 e. The SMILES string of the molecule is Cc1nc2cc(Br)ccc2c(Cl)c1I. The van der Waals surface area contributed by atoms with Crippen molar-refractivity contribution in [3.05, 3.63) is 37.0 Å². The molecule has 0 radical (unpaired) electrons. The summed E-state index contributed by atoms with van der Waals surface area (Å²) in [5, 5.41) is 1.80. The van der Waals surface area contributed by atoms with Crippen molar-refractivity contribution in [2.75, 3.05) is 0 Å². The third-order valence-electron chi connectivity index (χ3n) is 1.99. The molecule has 2 rings (SSSR count). The van der Waals surface area contributed by atoms with Crippen LogP contribution >= 0.6 is 50.1 Å². The van der Waals surface area contributed by atoms with Gasteiger partial charge in [-0.3, -0.25) is 4.98 Å². The van der Waals surface area contributed by atoms with Gasteiger partial charge >= 0.3 is 0 Å². The van der Waals surface area contributed by atoms with Crippen LogP contribution in [0.3, 0.4) is 0 Å². The molecule has 0 spiro atoms. The number of aryl methyl sites for hydroxylation is 1. The van der Waals surface area contributed by atoms with E-state index in [0.717, 1.165) is 29.7 Å². The Bertz CT molecular complexity index is 513. The molecule has 14 heavy (non-hydrogen) atoms. The zero-order valence-electron chi connectivity index (χ0n) is 7.31. The molecule has 0 aliphatic rings. The molecule has 1 nitrogen and oxygen atoms in total. The van der Waals surface area contributed by atoms with Gasteiger partial charge in [0.05, 0.1) is 19.8 Å². The van der Waals surface area contributed by atoms with Gasteiger partial charge in [0.1, 0.15) is 0 Å². The zero-order chi connectivity index (χ0) is 10.3. The molecule has 0 N–H and O–H groups in total. The Kier molecular flexibility index (Phi) is 3.00. The standard InChI is InChI=1S/C10H6BrClIN/c1-5-10(13)9(12)7-3-2-6(11)4-8(7)14-5/h2-4H,1H3. The first-order valence-corrected chi connectivity index (χ1v) is 6.25. The van der Waals surface area contributed by atoms with Crippen molar-refractivity contribution in [3.63, 3.8) is 0 Å². The number of rotatable bonds is 0. The Hall–Kier alpha value is 0.130. The van der Waals surface area contributed by atoms with Gasteiger partial charge in [0.15, 0.2) is 0 Å². The van der Waals surface area contributed by atoms with Crippen LogP contribution in [0, 0.1) is 10.5 Å². The number of pyridine rings is 1. The molecule has 0 saturated heterocycles. The van der Waals surface area contributed by atoms with Gasteiger partial charge in [-0.15, -0.1) is 0 Å². The Balaban J connectivity index is 2.91. The monoisotopic (exact) mass is 381 g/mol. The lowest BCUT2D eigenvalue weighted by atomic mass is 10.2. The van der Waals surface area contributed by atoms with E-state index >= 15 is 0 Å². The Morgan fingerprint density at radius 2 is 2.14 bits per heavy atom. The number of aromatic nitrogens is 1. The fourth-order valence-electron chi connectivity index (χ4n) is 1.29. The predicted octanol–water partition coefficient (Wildman–Crippen LogP) is 4.56. The van der Waals surface area contributed by atoms with Gasteiger partial charge in [0, 0.05) is 9.86 Å². The van der Waals surface area contributed by atoms with E-state index in [4.69, 9.17) is 11.6 Å². The lowest BCUT2D eigenvalue weighted by Gasteiger charge is -2.05. The van der Waals surface area contributed by atoms with Crippen molar-refractivity contribution in [2.24, 2.45) is 0 Å². The Morgan fingerprint density at radius 1 is 1.43 bits per heavy atom. The molecule has 0 fully saturated rings. The van der Waals surface area contributed by atoms with Crippen LogP contribution in [0.1, 0.15) is 5.69 Å².